The molecule has 2 aliphatic heterocycles. The normalized spacial score (nSPS) is 13.5. The summed E-state index contributed by atoms with van der Waals surface area (Å²) in [7, 11) is 0. The molecule has 49 heavy (non-hydrogen) atoms. The van der Waals surface area contributed by atoms with Crippen LogP contribution in [0.25, 0.3) is 22.3 Å². The summed E-state index contributed by atoms with van der Waals surface area (Å²) in [5.74, 6) is 1.78. The third-order valence-corrected chi connectivity index (χ3v) is 10.1. The molecule has 2 aliphatic rings. The van der Waals surface area contributed by atoms with E-state index in [4.69, 9.17) is 4.74 Å². The van der Waals surface area contributed by atoms with Crippen LogP contribution in [-0.4, -0.2) is 0 Å². The lowest BCUT2D eigenvalue weighted by Gasteiger charge is -2.45. The Morgan fingerprint density at radius 3 is 1.80 bits per heavy atom. The molecule has 3 nitrogen and oxygen atoms in total. The lowest BCUT2D eigenvalue weighted by Crippen LogP contribution is -2.32. The summed E-state index contributed by atoms with van der Waals surface area (Å²) in [6, 6.07) is 58.6. The van der Waals surface area contributed by atoms with E-state index in [1.165, 1.54) is 33.5 Å². The van der Waals surface area contributed by atoms with Gasteiger partial charge < -0.3 is 14.5 Å². The number of ether oxygens (including phenoxy) is 1. The number of para-hydroxylation sites is 4. The number of hydrogen-bond acceptors (Lipinski definition) is 3. The molecule has 0 fully saturated rings. The van der Waals surface area contributed by atoms with E-state index in [1.807, 2.05) is 0 Å². The Balaban J connectivity index is 1.12. The smallest absolute Gasteiger partial charge is 0.152 e. The van der Waals surface area contributed by atoms with E-state index >= 15 is 0 Å². The molecule has 7 aromatic carbocycles. The minimum absolute atomic E-state index is 0.208. The Kier molecular flexibility index (Phi) is 6.70. The second kappa shape index (κ2) is 11.3. The van der Waals surface area contributed by atoms with Crippen LogP contribution in [0, 0.1) is 6.92 Å². The topological polar surface area (TPSA) is 15.7 Å². The highest BCUT2D eigenvalue weighted by Gasteiger charge is 2.42. The Hall–Kier alpha value is -6.06. The van der Waals surface area contributed by atoms with E-state index in [1.54, 1.807) is 0 Å². The van der Waals surface area contributed by atoms with Crippen molar-refractivity contribution in [1.29, 1.82) is 0 Å². The molecule has 9 rings (SSSR count). The zero-order chi connectivity index (χ0) is 33.1. The van der Waals surface area contributed by atoms with Gasteiger partial charge in [-0.25, -0.2) is 0 Å². The van der Waals surface area contributed by atoms with Gasteiger partial charge in [-0.2, -0.15) is 0 Å². The van der Waals surface area contributed by atoms with Gasteiger partial charge in [0, 0.05) is 22.5 Å². The van der Waals surface area contributed by atoms with Crippen molar-refractivity contribution in [2.45, 2.75) is 26.2 Å². The molecule has 236 valence electrons. The highest BCUT2D eigenvalue weighted by molar-refractivity contribution is 5.95. The van der Waals surface area contributed by atoms with Crippen LogP contribution in [0.5, 0.6) is 11.5 Å². The number of rotatable bonds is 5. The van der Waals surface area contributed by atoms with E-state index < -0.39 is 0 Å². The van der Waals surface area contributed by atoms with Gasteiger partial charge in [0.05, 0.1) is 17.1 Å². The van der Waals surface area contributed by atoms with Crippen molar-refractivity contribution >= 4 is 34.1 Å². The molecule has 0 aromatic heterocycles. The summed E-state index contributed by atoms with van der Waals surface area (Å²) in [6.45, 7) is 6.84. The molecule has 0 saturated heterocycles. The van der Waals surface area contributed by atoms with Crippen molar-refractivity contribution in [1.82, 2.24) is 0 Å². The molecule has 0 spiro atoms. The lowest BCUT2D eigenvalue weighted by molar-refractivity contribution is 0.471. The van der Waals surface area contributed by atoms with E-state index in [9.17, 15) is 0 Å². The fraction of sp³-hybridized carbons (Fsp3) is 0.0870. The molecule has 3 heteroatoms. The van der Waals surface area contributed by atoms with Gasteiger partial charge in [-0.3, -0.25) is 0 Å². The molecule has 0 radical (unpaired) electrons. The highest BCUT2D eigenvalue weighted by Crippen LogP contribution is 2.61. The van der Waals surface area contributed by atoms with Crippen LogP contribution in [-0.2, 0) is 5.41 Å². The SMILES string of the molecule is Cc1cccc2c1N1c3ccccc3C(C)(C)c3cc(-c4ccc(-c5cccc(N(c6ccccc6)c6ccccc6)c5)cc4)cc(c31)O2. The zero-order valence-corrected chi connectivity index (χ0v) is 27.9. The summed E-state index contributed by atoms with van der Waals surface area (Å²) in [4.78, 5) is 4.73. The fourth-order valence-corrected chi connectivity index (χ4v) is 7.65. The molecule has 0 N–H and O–H groups in total. The van der Waals surface area contributed by atoms with Gasteiger partial charge in [0.2, 0.25) is 0 Å². The average Bonchev–Trinajstić information content (AvgIpc) is 3.14. The standard InChI is InChI=1S/C46H36N2O/c1-31-14-12-23-42-44(31)48-41-22-11-10-21-39(41)46(2,3)40-29-35(30-43(49-42)45(40)48)33-26-24-32(25-27-33)34-15-13-20-38(28-34)47(36-16-6-4-7-17-36)37-18-8-5-9-19-37/h4-30H,1-3H3. The predicted octanol–water partition coefficient (Wildman–Crippen LogP) is 13.0. The molecular weight excluding hydrogens is 597 g/mol. The third-order valence-electron chi connectivity index (χ3n) is 10.1. The maximum Gasteiger partial charge on any atom is 0.152 e. The quantitative estimate of drug-likeness (QED) is 0.188. The minimum Gasteiger partial charge on any atom is -0.453 e. The molecule has 2 heterocycles. The van der Waals surface area contributed by atoms with E-state index in [0.717, 1.165) is 51.1 Å². The Morgan fingerprint density at radius 1 is 0.469 bits per heavy atom. The van der Waals surface area contributed by atoms with Crippen molar-refractivity contribution < 1.29 is 4.74 Å². The first-order valence-corrected chi connectivity index (χ1v) is 16.9. The van der Waals surface area contributed by atoms with Crippen LogP contribution in [0.15, 0.2) is 164 Å². The molecule has 0 bridgehead atoms. The van der Waals surface area contributed by atoms with Crippen LogP contribution >= 0.6 is 0 Å². The van der Waals surface area contributed by atoms with Crippen molar-refractivity contribution in [2.75, 3.05) is 9.80 Å². The van der Waals surface area contributed by atoms with Crippen molar-refractivity contribution in [2.24, 2.45) is 0 Å². The summed E-state index contributed by atoms with van der Waals surface area (Å²) in [6.07, 6.45) is 0. The minimum atomic E-state index is -0.208. The zero-order valence-electron chi connectivity index (χ0n) is 27.9. The number of anilines is 6. The van der Waals surface area contributed by atoms with Crippen molar-refractivity contribution in [3.63, 3.8) is 0 Å². The van der Waals surface area contributed by atoms with Crippen molar-refractivity contribution in [3.8, 4) is 33.8 Å². The summed E-state index contributed by atoms with van der Waals surface area (Å²) >= 11 is 0. The molecule has 0 atom stereocenters. The molecule has 7 aromatic rings. The molecule has 0 saturated carbocycles. The number of hydrogen-bond donors (Lipinski definition) is 0. The molecule has 0 unspecified atom stereocenters. The van der Waals surface area contributed by atoms with Gasteiger partial charge in [-0.15, -0.1) is 0 Å². The van der Waals surface area contributed by atoms with Crippen LogP contribution in [0.3, 0.4) is 0 Å². The first-order chi connectivity index (χ1) is 24.0. The van der Waals surface area contributed by atoms with Crippen LogP contribution in [0.4, 0.5) is 34.1 Å². The Morgan fingerprint density at radius 2 is 1.08 bits per heavy atom. The Labute approximate surface area is 288 Å². The number of fused-ring (bicyclic) bond motifs is 4. The molecule has 0 aliphatic carbocycles. The number of benzene rings is 7. The van der Waals surface area contributed by atoms with Crippen LogP contribution in [0.1, 0.15) is 30.5 Å². The monoisotopic (exact) mass is 632 g/mol. The second-order valence-corrected chi connectivity index (χ2v) is 13.5. The van der Waals surface area contributed by atoms with E-state index in [2.05, 4.69) is 194 Å². The van der Waals surface area contributed by atoms with Gasteiger partial charge >= 0.3 is 0 Å². The van der Waals surface area contributed by atoms with Crippen LogP contribution in [0.2, 0.25) is 0 Å². The number of aryl methyl sites for hydroxylation is 1. The van der Waals surface area contributed by atoms with E-state index in [0.29, 0.717) is 0 Å². The van der Waals surface area contributed by atoms with Gasteiger partial charge in [0.15, 0.2) is 11.5 Å². The fourth-order valence-electron chi connectivity index (χ4n) is 7.65. The molecular formula is C46H36N2O. The van der Waals surface area contributed by atoms with Gasteiger partial charge in [-0.1, -0.05) is 117 Å². The summed E-state index contributed by atoms with van der Waals surface area (Å²) in [5, 5.41) is 0. The van der Waals surface area contributed by atoms with Gasteiger partial charge in [0.1, 0.15) is 0 Å². The maximum absolute atomic E-state index is 6.73. The largest absolute Gasteiger partial charge is 0.453 e. The summed E-state index contributed by atoms with van der Waals surface area (Å²) < 4.78 is 6.73. The highest BCUT2D eigenvalue weighted by atomic mass is 16.5. The van der Waals surface area contributed by atoms with E-state index in [-0.39, 0.29) is 5.41 Å². The Bertz CT molecular complexity index is 2300. The van der Waals surface area contributed by atoms with Gasteiger partial charge in [-0.05, 0) is 107 Å². The summed E-state index contributed by atoms with van der Waals surface area (Å²) in [5.41, 5.74) is 15.1. The van der Waals surface area contributed by atoms with Crippen LogP contribution < -0.4 is 14.5 Å². The predicted molar refractivity (Wildman–Crippen MR) is 204 cm³/mol. The first-order valence-electron chi connectivity index (χ1n) is 16.9. The average molecular weight is 633 g/mol. The first kappa shape index (κ1) is 29.1. The maximum atomic E-state index is 6.73. The lowest BCUT2D eigenvalue weighted by atomic mass is 9.72. The third kappa shape index (κ3) is 4.73. The van der Waals surface area contributed by atoms with Crippen molar-refractivity contribution in [3.05, 3.63) is 180 Å². The number of nitrogens with zero attached hydrogens (tertiary/aromatic N) is 2. The molecule has 0 amide bonds. The second-order valence-electron chi connectivity index (χ2n) is 13.5. The van der Waals surface area contributed by atoms with Gasteiger partial charge in [0.25, 0.3) is 0 Å².